The maximum atomic E-state index is 13.8. The van der Waals surface area contributed by atoms with Gasteiger partial charge in [0.15, 0.2) is 0 Å². The van der Waals surface area contributed by atoms with Crippen molar-refractivity contribution in [3.05, 3.63) is 39.3 Å². The predicted octanol–water partition coefficient (Wildman–Crippen LogP) is 1.45. The van der Waals surface area contributed by atoms with Gasteiger partial charge in [0.2, 0.25) is 17.7 Å². The van der Waals surface area contributed by atoms with E-state index in [9.17, 15) is 9.18 Å². The van der Waals surface area contributed by atoms with Gasteiger partial charge in [0.05, 0.1) is 5.69 Å². The van der Waals surface area contributed by atoms with Gasteiger partial charge in [-0.05, 0) is 26.3 Å². The Morgan fingerprint density at radius 2 is 1.65 bits per heavy atom. The molecule has 0 aromatic carbocycles. The molecule has 26 heavy (non-hydrogen) atoms. The highest BCUT2D eigenvalue weighted by molar-refractivity contribution is 5.39. The first-order valence-corrected chi connectivity index (χ1v) is 9.05. The van der Waals surface area contributed by atoms with Gasteiger partial charge in [0.1, 0.15) is 0 Å². The highest BCUT2D eigenvalue weighted by Gasteiger charge is 2.41. The van der Waals surface area contributed by atoms with Crippen molar-refractivity contribution in [1.82, 2.24) is 19.9 Å². The molecule has 0 bridgehead atoms. The molecule has 2 atom stereocenters. The van der Waals surface area contributed by atoms with Crippen molar-refractivity contribution < 1.29 is 4.39 Å². The number of aromatic amines is 1. The third-order valence-electron chi connectivity index (χ3n) is 5.29. The van der Waals surface area contributed by atoms with E-state index in [4.69, 9.17) is 0 Å². The standard InChI is InChI=1S/C18H23FN6O/c1-4-14-15(19)16(26)23-18(22-14)25-8-12-6-24(7-13(12)9-25)17-20-10(2)5-11(3)21-17/h5,12-13H,4,6-9H2,1-3H3,(H,22,23,26). The Hall–Kier alpha value is -2.51. The smallest absolute Gasteiger partial charge is 0.288 e. The fourth-order valence-electron chi connectivity index (χ4n) is 4.05. The van der Waals surface area contributed by atoms with Gasteiger partial charge in [-0.15, -0.1) is 0 Å². The zero-order valence-corrected chi connectivity index (χ0v) is 15.3. The molecule has 2 unspecified atom stereocenters. The molecule has 138 valence electrons. The topological polar surface area (TPSA) is 78.0 Å². The molecule has 8 heteroatoms. The average molecular weight is 358 g/mol. The number of nitrogens with one attached hydrogen (secondary N) is 1. The normalized spacial score (nSPS) is 22.2. The van der Waals surface area contributed by atoms with Gasteiger partial charge in [-0.3, -0.25) is 9.78 Å². The molecule has 4 rings (SSSR count). The maximum Gasteiger partial charge on any atom is 0.288 e. The molecule has 0 spiro atoms. The molecule has 0 amide bonds. The second-order valence-electron chi connectivity index (χ2n) is 7.28. The van der Waals surface area contributed by atoms with E-state index in [0.717, 1.165) is 43.5 Å². The van der Waals surface area contributed by atoms with Crippen LogP contribution in [0.1, 0.15) is 24.0 Å². The van der Waals surface area contributed by atoms with Crippen molar-refractivity contribution in [2.45, 2.75) is 27.2 Å². The van der Waals surface area contributed by atoms with Crippen molar-refractivity contribution in [2.75, 3.05) is 36.0 Å². The lowest BCUT2D eigenvalue weighted by Crippen LogP contribution is -2.32. The molecule has 7 nitrogen and oxygen atoms in total. The minimum Gasteiger partial charge on any atom is -0.342 e. The minimum atomic E-state index is -0.770. The summed E-state index contributed by atoms with van der Waals surface area (Å²) in [7, 11) is 0. The Morgan fingerprint density at radius 1 is 1.08 bits per heavy atom. The molecule has 2 saturated heterocycles. The first kappa shape index (κ1) is 16.9. The van der Waals surface area contributed by atoms with Gasteiger partial charge >= 0.3 is 0 Å². The van der Waals surface area contributed by atoms with Crippen LogP contribution in [0, 0.1) is 31.5 Å². The van der Waals surface area contributed by atoms with Crippen molar-refractivity contribution in [3.8, 4) is 0 Å². The molecule has 2 fully saturated rings. The first-order chi connectivity index (χ1) is 12.4. The summed E-state index contributed by atoms with van der Waals surface area (Å²) >= 11 is 0. The van der Waals surface area contributed by atoms with E-state index in [0.29, 0.717) is 24.2 Å². The van der Waals surface area contributed by atoms with Crippen molar-refractivity contribution >= 4 is 11.9 Å². The maximum absolute atomic E-state index is 13.8. The SMILES string of the molecule is CCc1nc(N2CC3CN(c4nc(C)cc(C)n4)CC3C2)[nH]c(=O)c1F. The van der Waals surface area contributed by atoms with Crippen LogP contribution in [0.4, 0.5) is 16.3 Å². The lowest BCUT2D eigenvalue weighted by molar-refractivity contribution is 0.533. The van der Waals surface area contributed by atoms with Crippen LogP contribution in [0.15, 0.2) is 10.9 Å². The summed E-state index contributed by atoms with van der Waals surface area (Å²) in [5.41, 5.74) is 1.50. The van der Waals surface area contributed by atoms with E-state index < -0.39 is 11.4 Å². The van der Waals surface area contributed by atoms with Crippen LogP contribution >= 0.6 is 0 Å². The minimum absolute atomic E-state index is 0.228. The van der Waals surface area contributed by atoms with Gasteiger partial charge in [-0.1, -0.05) is 6.92 Å². The van der Waals surface area contributed by atoms with Gasteiger partial charge in [0, 0.05) is 49.4 Å². The number of hydrogen-bond acceptors (Lipinski definition) is 6. The van der Waals surface area contributed by atoms with E-state index in [1.54, 1.807) is 6.92 Å². The summed E-state index contributed by atoms with van der Waals surface area (Å²) in [6.45, 7) is 9.13. The number of aryl methyl sites for hydroxylation is 3. The Labute approximate surface area is 151 Å². The van der Waals surface area contributed by atoms with E-state index in [-0.39, 0.29) is 5.69 Å². The van der Waals surface area contributed by atoms with Crippen LogP contribution in [0.2, 0.25) is 0 Å². The molecular formula is C18H23FN6O. The van der Waals surface area contributed by atoms with Crippen LogP contribution in [0.3, 0.4) is 0 Å². The summed E-state index contributed by atoms with van der Waals surface area (Å²) in [5.74, 6) is 1.43. The first-order valence-electron chi connectivity index (χ1n) is 9.05. The quantitative estimate of drug-likeness (QED) is 0.895. The van der Waals surface area contributed by atoms with Crippen LogP contribution in [0.25, 0.3) is 0 Å². The van der Waals surface area contributed by atoms with Gasteiger partial charge in [-0.2, -0.15) is 4.39 Å². The summed E-state index contributed by atoms with van der Waals surface area (Å²) in [4.78, 5) is 32.1. The Bertz CT molecular complexity index is 863. The highest BCUT2D eigenvalue weighted by Crippen LogP contribution is 2.34. The Balaban J connectivity index is 1.50. The molecule has 0 saturated carbocycles. The summed E-state index contributed by atoms with van der Waals surface area (Å²) in [6.07, 6.45) is 0.404. The lowest BCUT2D eigenvalue weighted by Gasteiger charge is -2.22. The number of aromatic nitrogens is 4. The molecule has 4 heterocycles. The number of rotatable bonds is 3. The number of halogens is 1. The van der Waals surface area contributed by atoms with E-state index in [1.807, 2.05) is 19.9 Å². The van der Waals surface area contributed by atoms with Crippen LogP contribution in [-0.4, -0.2) is 46.1 Å². The lowest BCUT2D eigenvalue weighted by atomic mass is 10.0. The molecule has 2 aromatic rings. The molecule has 2 aliphatic rings. The summed E-state index contributed by atoms with van der Waals surface area (Å²) in [6, 6.07) is 1.98. The fraction of sp³-hybridized carbons (Fsp3) is 0.556. The van der Waals surface area contributed by atoms with Gasteiger partial charge in [0.25, 0.3) is 5.56 Å². The highest BCUT2D eigenvalue weighted by atomic mass is 19.1. The molecule has 0 radical (unpaired) electrons. The van der Waals surface area contributed by atoms with Gasteiger partial charge in [-0.25, -0.2) is 15.0 Å². The molecular weight excluding hydrogens is 335 g/mol. The number of H-pyrrole nitrogens is 1. The Kier molecular flexibility index (Phi) is 4.13. The second kappa shape index (κ2) is 6.34. The van der Waals surface area contributed by atoms with Crippen molar-refractivity contribution in [2.24, 2.45) is 11.8 Å². The zero-order valence-electron chi connectivity index (χ0n) is 15.3. The molecule has 0 aliphatic carbocycles. The summed E-state index contributed by atoms with van der Waals surface area (Å²) < 4.78 is 13.8. The number of fused-ring (bicyclic) bond motifs is 1. The van der Waals surface area contributed by atoms with Crippen molar-refractivity contribution in [3.63, 3.8) is 0 Å². The number of hydrogen-bond donors (Lipinski definition) is 1. The van der Waals surface area contributed by atoms with E-state index in [2.05, 4.69) is 29.7 Å². The fourth-order valence-corrected chi connectivity index (χ4v) is 4.05. The largest absolute Gasteiger partial charge is 0.342 e. The number of anilines is 2. The molecule has 2 aromatic heterocycles. The third kappa shape index (κ3) is 2.93. The predicted molar refractivity (Wildman–Crippen MR) is 97.1 cm³/mol. The average Bonchev–Trinajstić information content (AvgIpc) is 3.15. The van der Waals surface area contributed by atoms with Crippen molar-refractivity contribution in [1.29, 1.82) is 0 Å². The van der Waals surface area contributed by atoms with Crippen LogP contribution in [-0.2, 0) is 6.42 Å². The molecule has 2 aliphatic heterocycles. The Morgan fingerprint density at radius 3 is 2.23 bits per heavy atom. The number of nitrogens with zero attached hydrogens (tertiary/aromatic N) is 5. The monoisotopic (exact) mass is 358 g/mol. The zero-order chi connectivity index (χ0) is 18.4. The van der Waals surface area contributed by atoms with Gasteiger partial charge < -0.3 is 9.80 Å². The van der Waals surface area contributed by atoms with Crippen LogP contribution < -0.4 is 15.4 Å². The van der Waals surface area contributed by atoms with E-state index >= 15 is 0 Å². The third-order valence-corrected chi connectivity index (χ3v) is 5.29. The molecule has 1 N–H and O–H groups in total. The summed E-state index contributed by atoms with van der Waals surface area (Å²) in [5, 5.41) is 0. The second-order valence-corrected chi connectivity index (χ2v) is 7.28. The van der Waals surface area contributed by atoms with Crippen LogP contribution in [0.5, 0.6) is 0 Å². The van der Waals surface area contributed by atoms with E-state index in [1.165, 1.54) is 0 Å².